The third kappa shape index (κ3) is 2.43. The van der Waals surface area contributed by atoms with Crippen molar-refractivity contribution in [2.75, 3.05) is 0 Å². The van der Waals surface area contributed by atoms with Gasteiger partial charge in [-0.25, -0.2) is 18.6 Å². The van der Waals surface area contributed by atoms with Crippen LogP contribution in [0.4, 0.5) is 8.78 Å². The summed E-state index contributed by atoms with van der Waals surface area (Å²) in [5.74, 6) is -2.24. The summed E-state index contributed by atoms with van der Waals surface area (Å²) in [5, 5.41) is 9.46. The first kappa shape index (κ1) is 13.1. The van der Waals surface area contributed by atoms with Crippen molar-refractivity contribution in [3.05, 3.63) is 59.8 Å². The Balaban J connectivity index is 2.28. The van der Waals surface area contributed by atoms with E-state index in [0.29, 0.717) is 11.2 Å². The maximum atomic E-state index is 13.3. The number of hydrogen-bond acceptors (Lipinski definition) is 3. The van der Waals surface area contributed by atoms with Gasteiger partial charge in [-0.3, -0.25) is 4.98 Å². The number of aromatic carboxylic acids is 1. The second-order valence-electron chi connectivity index (χ2n) is 4.38. The van der Waals surface area contributed by atoms with Crippen molar-refractivity contribution in [2.45, 2.75) is 0 Å². The average Bonchev–Trinajstić information content (AvgIpc) is 2.46. The van der Waals surface area contributed by atoms with Gasteiger partial charge in [-0.15, -0.1) is 0 Å². The van der Waals surface area contributed by atoms with Crippen molar-refractivity contribution in [3.63, 3.8) is 0 Å². The zero-order chi connectivity index (χ0) is 15.0. The van der Waals surface area contributed by atoms with Gasteiger partial charge in [0.15, 0.2) is 0 Å². The summed E-state index contributed by atoms with van der Waals surface area (Å²) in [6, 6.07) is 7.61. The highest BCUT2D eigenvalue weighted by Crippen LogP contribution is 2.24. The Hall–Kier alpha value is -2.89. The Morgan fingerprint density at radius 3 is 2.43 bits per heavy atom. The maximum Gasteiger partial charge on any atom is 0.336 e. The standard InChI is InChI=1S/C15H8F2N2O2/c16-8-1-3-12-10(5-8)11(15(20)21)6-14(19-12)13-4-2-9(17)7-18-13/h1-7H,(H,20,21). The largest absolute Gasteiger partial charge is 0.478 e. The lowest BCUT2D eigenvalue weighted by Crippen LogP contribution is -2.01. The number of carbonyl (C=O) groups is 1. The Bertz CT molecular complexity index is 848. The number of nitrogens with zero attached hydrogens (tertiary/aromatic N) is 2. The van der Waals surface area contributed by atoms with Crippen LogP contribution in [0, 0.1) is 11.6 Å². The summed E-state index contributed by atoms with van der Waals surface area (Å²) in [7, 11) is 0. The van der Waals surface area contributed by atoms with Gasteiger partial charge in [0.1, 0.15) is 11.6 Å². The molecule has 0 bridgehead atoms. The van der Waals surface area contributed by atoms with Crippen LogP contribution in [0.2, 0.25) is 0 Å². The van der Waals surface area contributed by atoms with E-state index in [-0.39, 0.29) is 16.6 Å². The zero-order valence-electron chi connectivity index (χ0n) is 10.5. The van der Waals surface area contributed by atoms with Crippen molar-refractivity contribution >= 4 is 16.9 Å². The molecular formula is C15H8F2N2O2. The van der Waals surface area contributed by atoms with Crippen LogP contribution in [0.1, 0.15) is 10.4 Å². The fourth-order valence-corrected chi connectivity index (χ4v) is 2.03. The summed E-state index contributed by atoms with van der Waals surface area (Å²) < 4.78 is 26.2. The second kappa shape index (κ2) is 4.90. The molecule has 0 aliphatic heterocycles. The smallest absolute Gasteiger partial charge is 0.336 e. The van der Waals surface area contributed by atoms with Gasteiger partial charge in [0.2, 0.25) is 0 Å². The molecule has 2 heterocycles. The van der Waals surface area contributed by atoms with Crippen molar-refractivity contribution in [1.82, 2.24) is 9.97 Å². The van der Waals surface area contributed by atoms with Crippen LogP contribution in [-0.4, -0.2) is 21.0 Å². The molecule has 0 atom stereocenters. The minimum Gasteiger partial charge on any atom is -0.478 e. The fraction of sp³-hybridized carbons (Fsp3) is 0. The third-order valence-corrected chi connectivity index (χ3v) is 2.99. The average molecular weight is 286 g/mol. The molecule has 6 heteroatoms. The number of carboxylic acids is 1. The van der Waals surface area contributed by atoms with Crippen LogP contribution in [0.3, 0.4) is 0 Å². The molecule has 4 nitrogen and oxygen atoms in total. The van der Waals surface area contributed by atoms with Gasteiger partial charge in [0.05, 0.1) is 28.7 Å². The molecule has 0 saturated carbocycles. The van der Waals surface area contributed by atoms with Crippen LogP contribution in [0.25, 0.3) is 22.3 Å². The lowest BCUT2D eigenvalue weighted by atomic mass is 10.1. The van der Waals surface area contributed by atoms with Gasteiger partial charge in [0.25, 0.3) is 0 Å². The molecule has 3 rings (SSSR count). The topological polar surface area (TPSA) is 63.1 Å². The Kier molecular flexibility index (Phi) is 3.06. The predicted molar refractivity (Wildman–Crippen MR) is 71.8 cm³/mol. The molecular weight excluding hydrogens is 278 g/mol. The Morgan fingerprint density at radius 1 is 1.00 bits per heavy atom. The molecule has 104 valence electrons. The third-order valence-electron chi connectivity index (χ3n) is 2.99. The Morgan fingerprint density at radius 2 is 1.76 bits per heavy atom. The van der Waals surface area contributed by atoms with E-state index in [4.69, 9.17) is 0 Å². The number of rotatable bonds is 2. The van der Waals surface area contributed by atoms with Crippen molar-refractivity contribution in [2.24, 2.45) is 0 Å². The molecule has 0 unspecified atom stereocenters. The van der Waals surface area contributed by atoms with E-state index in [0.717, 1.165) is 12.3 Å². The number of carboxylic acid groups (broad SMARTS) is 1. The van der Waals surface area contributed by atoms with E-state index in [9.17, 15) is 18.7 Å². The van der Waals surface area contributed by atoms with Crippen LogP contribution in [0.5, 0.6) is 0 Å². The normalized spacial score (nSPS) is 10.8. The van der Waals surface area contributed by atoms with Gasteiger partial charge < -0.3 is 5.11 Å². The molecule has 0 aliphatic carbocycles. The molecule has 0 spiro atoms. The zero-order valence-corrected chi connectivity index (χ0v) is 10.5. The van der Waals surface area contributed by atoms with Gasteiger partial charge in [-0.05, 0) is 36.4 Å². The number of hydrogen-bond donors (Lipinski definition) is 1. The summed E-state index contributed by atoms with van der Waals surface area (Å²) >= 11 is 0. The highest BCUT2D eigenvalue weighted by molar-refractivity contribution is 6.03. The van der Waals surface area contributed by atoms with E-state index < -0.39 is 17.6 Å². The Labute approximate surface area is 117 Å². The first-order valence-electron chi connectivity index (χ1n) is 6.00. The maximum absolute atomic E-state index is 13.3. The highest BCUT2D eigenvalue weighted by atomic mass is 19.1. The van der Waals surface area contributed by atoms with Gasteiger partial charge >= 0.3 is 5.97 Å². The quantitative estimate of drug-likeness (QED) is 0.785. The molecule has 0 aliphatic rings. The molecule has 0 amide bonds. The number of halogens is 2. The summed E-state index contributed by atoms with van der Waals surface area (Å²) in [4.78, 5) is 19.4. The molecule has 2 aromatic heterocycles. The minimum absolute atomic E-state index is 0.0828. The van der Waals surface area contributed by atoms with Gasteiger partial charge in [0, 0.05) is 5.39 Å². The van der Waals surface area contributed by atoms with Crippen LogP contribution in [0.15, 0.2) is 42.6 Å². The fourth-order valence-electron chi connectivity index (χ4n) is 2.03. The number of benzene rings is 1. The lowest BCUT2D eigenvalue weighted by Gasteiger charge is -2.06. The number of fused-ring (bicyclic) bond motifs is 1. The van der Waals surface area contributed by atoms with Gasteiger partial charge in [-0.1, -0.05) is 0 Å². The van der Waals surface area contributed by atoms with Crippen molar-refractivity contribution < 1.29 is 18.7 Å². The predicted octanol–water partition coefficient (Wildman–Crippen LogP) is 3.27. The lowest BCUT2D eigenvalue weighted by molar-refractivity contribution is 0.0699. The van der Waals surface area contributed by atoms with Crippen molar-refractivity contribution in [3.8, 4) is 11.4 Å². The van der Waals surface area contributed by atoms with Crippen LogP contribution in [-0.2, 0) is 0 Å². The summed E-state index contributed by atoms with van der Waals surface area (Å²) in [6.07, 6.45) is 1.02. The second-order valence-corrected chi connectivity index (χ2v) is 4.38. The number of aromatic nitrogens is 2. The van der Waals surface area contributed by atoms with Crippen LogP contribution >= 0.6 is 0 Å². The molecule has 0 radical (unpaired) electrons. The SMILES string of the molecule is O=C(O)c1cc(-c2ccc(F)cn2)nc2ccc(F)cc12. The molecule has 0 fully saturated rings. The molecule has 1 N–H and O–H groups in total. The minimum atomic E-state index is -1.20. The van der Waals surface area contributed by atoms with E-state index >= 15 is 0 Å². The van der Waals surface area contributed by atoms with E-state index in [2.05, 4.69) is 9.97 Å². The van der Waals surface area contributed by atoms with Crippen LogP contribution < -0.4 is 0 Å². The first-order chi connectivity index (χ1) is 10.0. The van der Waals surface area contributed by atoms with E-state index in [1.165, 1.54) is 30.3 Å². The molecule has 3 aromatic rings. The molecule has 21 heavy (non-hydrogen) atoms. The highest BCUT2D eigenvalue weighted by Gasteiger charge is 2.14. The molecule has 0 saturated heterocycles. The first-order valence-corrected chi connectivity index (χ1v) is 6.00. The monoisotopic (exact) mass is 286 g/mol. The summed E-state index contributed by atoms with van der Waals surface area (Å²) in [6.45, 7) is 0. The van der Waals surface area contributed by atoms with E-state index in [1.54, 1.807) is 0 Å². The molecule has 1 aromatic carbocycles. The van der Waals surface area contributed by atoms with Gasteiger partial charge in [-0.2, -0.15) is 0 Å². The van der Waals surface area contributed by atoms with Crippen molar-refractivity contribution in [1.29, 1.82) is 0 Å². The summed E-state index contributed by atoms with van der Waals surface area (Å²) in [5.41, 5.74) is 0.870. The number of pyridine rings is 2. The van der Waals surface area contributed by atoms with E-state index in [1.807, 2.05) is 0 Å².